The van der Waals surface area contributed by atoms with Crippen molar-refractivity contribution in [2.45, 2.75) is 25.5 Å². The van der Waals surface area contributed by atoms with E-state index in [0.29, 0.717) is 23.3 Å². The largest absolute Gasteiger partial charge is 0.469 e. The molecule has 1 aromatic carbocycles. The van der Waals surface area contributed by atoms with E-state index in [-0.39, 0.29) is 11.7 Å². The molecule has 0 saturated heterocycles. The number of furan rings is 1. The zero-order chi connectivity index (χ0) is 17.8. The van der Waals surface area contributed by atoms with Crippen LogP contribution in [-0.2, 0) is 11.3 Å². The Morgan fingerprint density at radius 1 is 1.24 bits per heavy atom. The summed E-state index contributed by atoms with van der Waals surface area (Å²) < 4.78 is 6.63. The zero-order valence-corrected chi connectivity index (χ0v) is 14.8. The summed E-state index contributed by atoms with van der Waals surface area (Å²) >= 11 is 1.24. The SMILES string of the molecule is Cc1ccc(CNC(=O)CSc2nnc(-c3ccoc3C)n2N)cc1. The van der Waals surface area contributed by atoms with Crippen LogP contribution in [0.25, 0.3) is 11.4 Å². The van der Waals surface area contributed by atoms with Gasteiger partial charge in [0.25, 0.3) is 0 Å². The van der Waals surface area contributed by atoms with E-state index in [1.165, 1.54) is 22.0 Å². The number of carbonyl (C=O) groups is 1. The van der Waals surface area contributed by atoms with Gasteiger partial charge in [-0.25, -0.2) is 4.68 Å². The second-order valence-electron chi connectivity index (χ2n) is 5.62. The number of nitrogens with one attached hydrogen (secondary N) is 1. The molecule has 0 bridgehead atoms. The van der Waals surface area contributed by atoms with Crippen LogP contribution in [-0.4, -0.2) is 26.5 Å². The maximum absolute atomic E-state index is 12.0. The molecule has 2 aromatic heterocycles. The van der Waals surface area contributed by atoms with E-state index in [2.05, 4.69) is 15.5 Å². The van der Waals surface area contributed by atoms with Crippen molar-refractivity contribution in [1.29, 1.82) is 0 Å². The Kier molecular flexibility index (Phi) is 5.08. The smallest absolute Gasteiger partial charge is 0.230 e. The van der Waals surface area contributed by atoms with Crippen LogP contribution in [0.3, 0.4) is 0 Å². The van der Waals surface area contributed by atoms with Gasteiger partial charge in [-0.1, -0.05) is 41.6 Å². The zero-order valence-electron chi connectivity index (χ0n) is 14.0. The third-order valence-corrected chi connectivity index (χ3v) is 4.65. The lowest BCUT2D eigenvalue weighted by Crippen LogP contribution is -2.25. The van der Waals surface area contributed by atoms with Crippen LogP contribution in [0.15, 0.2) is 46.2 Å². The van der Waals surface area contributed by atoms with Crippen molar-refractivity contribution in [3.8, 4) is 11.4 Å². The number of thioether (sulfide) groups is 1. The average Bonchev–Trinajstić information content (AvgIpc) is 3.18. The number of benzene rings is 1. The molecule has 0 fully saturated rings. The van der Waals surface area contributed by atoms with Gasteiger partial charge in [-0.15, -0.1) is 10.2 Å². The molecule has 0 radical (unpaired) electrons. The molecule has 7 nitrogen and oxygen atoms in total. The third-order valence-electron chi connectivity index (χ3n) is 3.71. The molecule has 2 heterocycles. The summed E-state index contributed by atoms with van der Waals surface area (Å²) in [5.41, 5.74) is 3.03. The number of hydrogen-bond donors (Lipinski definition) is 2. The van der Waals surface area contributed by atoms with Crippen molar-refractivity contribution in [2.75, 3.05) is 11.6 Å². The quantitative estimate of drug-likeness (QED) is 0.519. The van der Waals surface area contributed by atoms with Crippen LogP contribution in [0.2, 0.25) is 0 Å². The Labute approximate surface area is 149 Å². The van der Waals surface area contributed by atoms with E-state index >= 15 is 0 Å². The van der Waals surface area contributed by atoms with Gasteiger partial charge >= 0.3 is 0 Å². The molecule has 0 spiro atoms. The summed E-state index contributed by atoms with van der Waals surface area (Å²) in [5.74, 6) is 7.37. The van der Waals surface area contributed by atoms with Gasteiger partial charge < -0.3 is 15.6 Å². The first-order valence-corrected chi connectivity index (χ1v) is 8.73. The van der Waals surface area contributed by atoms with E-state index in [1.807, 2.05) is 38.1 Å². The second-order valence-corrected chi connectivity index (χ2v) is 6.56. The Bertz CT molecular complexity index is 870. The highest BCUT2D eigenvalue weighted by atomic mass is 32.2. The van der Waals surface area contributed by atoms with E-state index in [4.69, 9.17) is 10.3 Å². The lowest BCUT2D eigenvalue weighted by Gasteiger charge is -2.06. The van der Waals surface area contributed by atoms with Crippen LogP contribution in [0.5, 0.6) is 0 Å². The van der Waals surface area contributed by atoms with E-state index in [9.17, 15) is 4.79 Å². The molecule has 0 saturated carbocycles. The van der Waals surface area contributed by atoms with Crippen molar-refractivity contribution in [1.82, 2.24) is 20.2 Å². The van der Waals surface area contributed by atoms with Crippen molar-refractivity contribution >= 4 is 17.7 Å². The molecule has 3 rings (SSSR count). The molecule has 3 aromatic rings. The van der Waals surface area contributed by atoms with Gasteiger partial charge in [-0.3, -0.25) is 4.79 Å². The minimum Gasteiger partial charge on any atom is -0.469 e. The van der Waals surface area contributed by atoms with E-state index in [1.54, 1.807) is 12.3 Å². The average molecular weight is 357 g/mol. The first kappa shape index (κ1) is 17.1. The molecule has 25 heavy (non-hydrogen) atoms. The standard InChI is InChI=1S/C17H19N5O2S/c1-11-3-5-13(6-4-11)9-19-15(23)10-25-17-21-20-16(22(17)18)14-7-8-24-12(14)2/h3-8H,9-10,18H2,1-2H3,(H,19,23). The maximum atomic E-state index is 12.0. The van der Waals surface area contributed by atoms with Gasteiger partial charge in [-0.05, 0) is 25.5 Å². The van der Waals surface area contributed by atoms with Crippen LogP contribution in [0, 0.1) is 13.8 Å². The first-order valence-electron chi connectivity index (χ1n) is 7.74. The number of rotatable bonds is 6. The van der Waals surface area contributed by atoms with Gasteiger partial charge in [-0.2, -0.15) is 0 Å². The van der Waals surface area contributed by atoms with Gasteiger partial charge in [0, 0.05) is 6.54 Å². The van der Waals surface area contributed by atoms with Gasteiger partial charge in [0.05, 0.1) is 17.6 Å². The van der Waals surface area contributed by atoms with Crippen molar-refractivity contribution in [2.24, 2.45) is 0 Å². The maximum Gasteiger partial charge on any atom is 0.230 e. The Morgan fingerprint density at radius 3 is 2.68 bits per heavy atom. The molecule has 8 heteroatoms. The molecule has 130 valence electrons. The summed E-state index contributed by atoms with van der Waals surface area (Å²) in [6, 6.07) is 9.82. The lowest BCUT2D eigenvalue weighted by molar-refractivity contribution is -0.118. The number of nitrogens with zero attached hydrogens (tertiary/aromatic N) is 3. The molecule has 0 aliphatic carbocycles. The number of nitrogens with two attached hydrogens (primary N) is 1. The van der Waals surface area contributed by atoms with Gasteiger partial charge in [0.2, 0.25) is 11.1 Å². The first-order chi connectivity index (χ1) is 12.0. The number of hydrogen-bond acceptors (Lipinski definition) is 6. The van der Waals surface area contributed by atoms with Crippen LogP contribution >= 0.6 is 11.8 Å². The van der Waals surface area contributed by atoms with Crippen molar-refractivity contribution < 1.29 is 9.21 Å². The molecule has 0 atom stereocenters. The van der Waals surface area contributed by atoms with Crippen molar-refractivity contribution in [3.05, 3.63) is 53.5 Å². The Hall–Kier alpha value is -2.74. The minimum absolute atomic E-state index is 0.0883. The molecular weight excluding hydrogens is 338 g/mol. The summed E-state index contributed by atoms with van der Waals surface area (Å²) in [5, 5.41) is 11.5. The fourth-order valence-electron chi connectivity index (χ4n) is 2.26. The number of amides is 1. The summed E-state index contributed by atoms with van der Waals surface area (Å²) in [7, 11) is 0. The Morgan fingerprint density at radius 2 is 2.00 bits per heavy atom. The van der Waals surface area contributed by atoms with Gasteiger partial charge in [0.1, 0.15) is 5.76 Å². The highest BCUT2D eigenvalue weighted by molar-refractivity contribution is 7.99. The summed E-state index contributed by atoms with van der Waals surface area (Å²) in [6.07, 6.45) is 1.57. The summed E-state index contributed by atoms with van der Waals surface area (Å²) in [6.45, 7) is 4.35. The monoisotopic (exact) mass is 357 g/mol. The number of aryl methyl sites for hydroxylation is 2. The lowest BCUT2D eigenvalue weighted by atomic mass is 10.1. The molecule has 0 unspecified atom stereocenters. The van der Waals surface area contributed by atoms with E-state index < -0.39 is 0 Å². The normalized spacial score (nSPS) is 10.8. The number of carbonyl (C=O) groups excluding carboxylic acids is 1. The fourth-order valence-corrected chi connectivity index (χ4v) is 2.95. The topological polar surface area (TPSA) is 99.0 Å². The highest BCUT2D eigenvalue weighted by Gasteiger charge is 2.16. The predicted octanol–water partition coefficient (Wildman–Crippen LogP) is 2.28. The van der Waals surface area contributed by atoms with Crippen LogP contribution < -0.4 is 11.2 Å². The molecule has 3 N–H and O–H groups in total. The van der Waals surface area contributed by atoms with Crippen molar-refractivity contribution in [3.63, 3.8) is 0 Å². The van der Waals surface area contributed by atoms with E-state index in [0.717, 1.165) is 11.1 Å². The number of aromatic nitrogens is 3. The van der Waals surface area contributed by atoms with Crippen LogP contribution in [0.4, 0.5) is 0 Å². The third kappa shape index (κ3) is 4.03. The molecule has 0 aliphatic heterocycles. The molecular formula is C17H19N5O2S. The fraction of sp³-hybridized carbons (Fsp3) is 0.235. The Balaban J connectivity index is 1.55. The molecule has 1 amide bonds. The van der Waals surface area contributed by atoms with Crippen LogP contribution in [0.1, 0.15) is 16.9 Å². The summed E-state index contributed by atoms with van der Waals surface area (Å²) in [4.78, 5) is 12.0. The van der Waals surface area contributed by atoms with Gasteiger partial charge in [0.15, 0.2) is 5.82 Å². The predicted molar refractivity (Wildman–Crippen MR) is 96.4 cm³/mol. The minimum atomic E-state index is -0.0883. The number of nitrogen functional groups attached to an aromatic ring is 1. The highest BCUT2D eigenvalue weighted by Crippen LogP contribution is 2.24. The molecule has 0 aliphatic rings. The second kappa shape index (κ2) is 7.43.